The number of carbonyl (C=O) groups excluding carboxylic acids is 1. The van der Waals surface area contributed by atoms with Gasteiger partial charge in [-0.2, -0.15) is 0 Å². The number of hydrogen-bond acceptors (Lipinski definition) is 4. The van der Waals surface area contributed by atoms with Gasteiger partial charge in [0, 0.05) is 18.2 Å². The summed E-state index contributed by atoms with van der Waals surface area (Å²) in [7, 11) is 0. The van der Waals surface area contributed by atoms with Gasteiger partial charge in [-0.25, -0.2) is 0 Å². The smallest absolute Gasteiger partial charge is 0.226 e. The maximum Gasteiger partial charge on any atom is 0.226 e. The maximum absolute atomic E-state index is 11.9. The van der Waals surface area contributed by atoms with E-state index in [1.807, 2.05) is 31.2 Å². The number of aromatic nitrogens is 1. The minimum atomic E-state index is -0.0855. The normalized spacial score (nSPS) is 12.1. The summed E-state index contributed by atoms with van der Waals surface area (Å²) in [6.07, 6.45) is 0.385. The minimum absolute atomic E-state index is 0.0855. The standard InChI is InChI=1S/C14H17N3O2/c1-9(11-3-5-12(15)6-4-11)7-14(18)16-13-8-10(2)19-17-13/h3-6,8-9H,7,15H2,1-2H3,(H,16,17,18). The van der Waals surface area contributed by atoms with Crippen LogP contribution in [0.3, 0.4) is 0 Å². The average molecular weight is 259 g/mol. The van der Waals surface area contributed by atoms with Gasteiger partial charge in [0.15, 0.2) is 5.82 Å². The van der Waals surface area contributed by atoms with Crippen LogP contribution in [0.15, 0.2) is 34.9 Å². The highest BCUT2D eigenvalue weighted by molar-refractivity contribution is 5.90. The molecule has 19 heavy (non-hydrogen) atoms. The van der Waals surface area contributed by atoms with Crippen LogP contribution in [-0.4, -0.2) is 11.1 Å². The van der Waals surface area contributed by atoms with Crippen LogP contribution in [0.4, 0.5) is 11.5 Å². The highest BCUT2D eigenvalue weighted by Gasteiger charge is 2.12. The van der Waals surface area contributed by atoms with Crippen molar-refractivity contribution in [2.24, 2.45) is 0 Å². The second kappa shape index (κ2) is 5.56. The van der Waals surface area contributed by atoms with Crippen LogP contribution >= 0.6 is 0 Å². The van der Waals surface area contributed by atoms with Gasteiger partial charge in [0.2, 0.25) is 5.91 Å². The van der Waals surface area contributed by atoms with Crippen LogP contribution in [0.25, 0.3) is 0 Å². The molecule has 1 atom stereocenters. The molecule has 1 aromatic heterocycles. The Balaban J connectivity index is 1.93. The van der Waals surface area contributed by atoms with E-state index < -0.39 is 0 Å². The Hall–Kier alpha value is -2.30. The zero-order valence-corrected chi connectivity index (χ0v) is 11.0. The Bertz CT molecular complexity index is 560. The molecule has 1 heterocycles. The van der Waals surface area contributed by atoms with Gasteiger partial charge >= 0.3 is 0 Å². The summed E-state index contributed by atoms with van der Waals surface area (Å²) < 4.78 is 4.89. The van der Waals surface area contributed by atoms with Gasteiger partial charge in [-0.1, -0.05) is 24.2 Å². The summed E-state index contributed by atoms with van der Waals surface area (Å²) in [6, 6.07) is 9.24. The molecule has 0 radical (unpaired) electrons. The third-order valence-corrected chi connectivity index (χ3v) is 2.89. The van der Waals surface area contributed by atoms with E-state index in [1.54, 1.807) is 13.0 Å². The largest absolute Gasteiger partial charge is 0.399 e. The van der Waals surface area contributed by atoms with Crippen molar-refractivity contribution in [3.63, 3.8) is 0 Å². The molecule has 0 bridgehead atoms. The lowest BCUT2D eigenvalue weighted by molar-refractivity contribution is -0.116. The fraction of sp³-hybridized carbons (Fsp3) is 0.286. The highest BCUT2D eigenvalue weighted by atomic mass is 16.5. The molecule has 0 aliphatic carbocycles. The fourth-order valence-corrected chi connectivity index (χ4v) is 1.84. The molecule has 2 aromatic rings. The second-order valence-electron chi connectivity index (χ2n) is 4.64. The molecule has 1 amide bonds. The quantitative estimate of drug-likeness (QED) is 0.827. The molecule has 1 unspecified atom stereocenters. The van der Waals surface area contributed by atoms with Crippen molar-refractivity contribution in [1.82, 2.24) is 5.16 Å². The number of aryl methyl sites for hydroxylation is 1. The van der Waals surface area contributed by atoms with E-state index in [2.05, 4.69) is 10.5 Å². The number of nitrogen functional groups attached to an aromatic ring is 1. The molecular weight excluding hydrogens is 242 g/mol. The number of nitrogens with two attached hydrogens (primary N) is 1. The average Bonchev–Trinajstić information content (AvgIpc) is 2.75. The first-order valence-corrected chi connectivity index (χ1v) is 6.13. The summed E-state index contributed by atoms with van der Waals surface area (Å²) in [5.41, 5.74) is 7.44. The molecule has 0 aliphatic rings. The van der Waals surface area contributed by atoms with E-state index in [9.17, 15) is 4.79 Å². The van der Waals surface area contributed by atoms with Crippen molar-refractivity contribution in [2.75, 3.05) is 11.1 Å². The first-order chi connectivity index (χ1) is 9.04. The summed E-state index contributed by atoms with van der Waals surface area (Å²) in [6.45, 7) is 3.78. The number of nitrogens with zero attached hydrogens (tertiary/aromatic N) is 1. The molecule has 0 saturated carbocycles. The summed E-state index contributed by atoms with van der Waals surface area (Å²) >= 11 is 0. The molecule has 3 N–H and O–H groups in total. The molecule has 2 rings (SSSR count). The minimum Gasteiger partial charge on any atom is -0.399 e. The highest BCUT2D eigenvalue weighted by Crippen LogP contribution is 2.20. The number of carbonyl (C=O) groups is 1. The first kappa shape index (κ1) is 13.1. The van der Waals surface area contributed by atoms with Crippen LogP contribution in [0.2, 0.25) is 0 Å². The van der Waals surface area contributed by atoms with Gasteiger partial charge in [0.25, 0.3) is 0 Å². The predicted molar refractivity (Wildman–Crippen MR) is 73.8 cm³/mol. The molecule has 0 spiro atoms. The van der Waals surface area contributed by atoms with Crippen molar-refractivity contribution in [1.29, 1.82) is 0 Å². The Labute approximate surface area is 111 Å². The van der Waals surface area contributed by atoms with Gasteiger partial charge in [0.1, 0.15) is 5.76 Å². The Kier molecular flexibility index (Phi) is 3.85. The van der Waals surface area contributed by atoms with E-state index in [0.717, 1.165) is 11.3 Å². The van der Waals surface area contributed by atoms with Crippen LogP contribution in [0.1, 0.15) is 30.6 Å². The van der Waals surface area contributed by atoms with Crippen LogP contribution < -0.4 is 11.1 Å². The van der Waals surface area contributed by atoms with E-state index in [0.29, 0.717) is 18.0 Å². The zero-order chi connectivity index (χ0) is 13.8. The van der Waals surface area contributed by atoms with Crippen LogP contribution in [0, 0.1) is 6.92 Å². The third-order valence-electron chi connectivity index (χ3n) is 2.89. The molecule has 100 valence electrons. The lowest BCUT2D eigenvalue weighted by Crippen LogP contribution is -2.14. The van der Waals surface area contributed by atoms with E-state index in [-0.39, 0.29) is 11.8 Å². The summed E-state index contributed by atoms with van der Waals surface area (Å²) in [5.74, 6) is 1.15. The number of amides is 1. The van der Waals surface area contributed by atoms with Crippen molar-refractivity contribution in [3.05, 3.63) is 41.7 Å². The molecule has 5 heteroatoms. The van der Waals surface area contributed by atoms with Crippen molar-refractivity contribution in [3.8, 4) is 0 Å². The Morgan fingerprint density at radius 1 is 1.42 bits per heavy atom. The summed E-state index contributed by atoms with van der Waals surface area (Å²) in [5, 5.41) is 6.43. The lowest BCUT2D eigenvalue weighted by atomic mass is 9.97. The van der Waals surface area contributed by atoms with Gasteiger partial charge in [0.05, 0.1) is 0 Å². The van der Waals surface area contributed by atoms with Gasteiger partial charge in [-0.3, -0.25) is 4.79 Å². The third kappa shape index (κ3) is 3.58. The van der Waals surface area contributed by atoms with E-state index in [4.69, 9.17) is 10.3 Å². The number of hydrogen-bond donors (Lipinski definition) is 2. The van der Waals surface area contributed by atoms with Crippen LogP contribution in [0.5, 0.6) is 0 Å². The maximum atomic E-state index is 11.9. The fourth-order valence-electron chi connectivity index (χ4n) is 1.84. The molecule has 5 nitrogen and oxygen atoms in total. The Morgan fingerprint density at radius 3 is 2.68 bits per heavy atom. The topological polar surface area (TPSA) is 81.2 Å². The van der Waals surface area contributed by atoms with E-state index in [1.165, 1.54) is 0 Å². The molecule has 0 aliphatic heterocycles. The molecular formula is C14H17N3O2. The SMILES string of the molecule is Cc1cc(NC(=O)CC(C)c2ccc(N)cc2)no1. The molecule has 1 aromatic carbocycles. The monoisotopic (exact) mass is 259 g/mol. The number of anilines is 2. The van der Waals surface area contributed by atoms with Gasteiger partial charge < -0.3 is 15.6 Å². The van der Waals surface area contributed by atoms with Crippen molar-refractivity contribution >= 4 is 17.4 Å². The van der Waals surface area contributed by atoms with Crippen LogP contribution in [-0.2, 0) is 4.79 Å². The van der Waals surface area contributed by atoms with Crippen molar-refractivity contribution < 1.29 is 9.32 Å². The zero-order valence-electron chi connectivity index (χ0n) is 11.0. The van der Waals surface area contributed by atoms with Crippen molar-refractivity contribution in [2.45, 2.75) is 26.2 Å². The number of rotatable bonds is 4. The Morgan fingerprint density at radius 2 is 2.11 bits per heavy atom. The number of benzene rings is 1. The summed E-state index contributed by atoms with van der Waals surface area (Å²) in [4.78, 5) is 11.9. The number of nitrogens with one attached hydrogen (secondary N) is 1. The molecule has 0 saturated heterocycles. The second-order valence-corrected chi connectivity index (χ2v) is 4.64. The lowest BCUT2D eigenvalue weighted by Gasteiger charge is -2.11. The molecule has 0 fully saturated rings. The van der Waals surface area contributed by atoms with Gasteiger partial charge in [-0.15, -0.1) is 0 Å². The van der Waals surface area contributed by atoms with E-state index >= 15 is 0 Å². The predicted octanol–water partition coefficient (Wildman–Crippen LogP) is 2.70. The first-order valence-electron chi connectivity index (χ1n) is 6.13. The van der Waals surface area contributed by atoms with Gasteiger partial charge in [-0.05, 0) is 30.5 Å².